The maximum Gasteiger partial charge on any atom is 0.241 e. The van der Waals surface area contributed by atoms with E-state index in [1.807, 2.05) is 6.92 Å². The number of carbonyl (C=O) groups is 1. The second-order valence-electron chi connectivity index (χ2n) is 5.38. The number of hydrogen-bond donors (Lipinski definition) is 1. The summed E-state index contributed by atoms with van der Waals surface area (Å²) in [5, 5.41) is 4.90. The summed E-state index contributed by atoms with van der Waals surface area (Å²) in [7, 11) is 0. The lowest BCUT2D eigenvalue weighted by Crippen LogP contribution is -2.44. The predicted molar refractivity (Wildman–Crippen MR) is 87.9 cm³/mol. The van der Waals surface area contributed by atoms with E-state index in [9.17, 15) is 9.18 Å². The molecule has 1 aromatic heterocycles. The molecule has 1 aromatic carbocycles. The summed E-state index contributed by atoms with van der Waals surface area (Å²) in [5.41, 5.74) is 1.82. The Morgan fingerprint density at radius 3 is 3.05 bits per heavy atom. The van der Waals surface area contributed by atoms with E-state index in [0.717, 1.165) is 19.5 Å². The fraction of sp³-hybridized carbons (Fsp3) is 0.312. The van der Waals surface area contributed by atoms with Gasteiger partial charge in [-0.2, -0.15) is 0 Å². The number of halogens is 2. The van der Waals surface area contributed by atoms with Crippen molar-refractivity contribution >= 4 is 34.5 Å². The van der Waals surface area contributed by atoms with Gasteiger partial charge in [0.05, 0.1) is 11.1 Å². The lowest BCUT2D eigenvalue weighted by atomic mass is 10.1. The van der Waals surface area contributed by atoms with Crippen molar-refractivity contribution in [3.8, 4) is 0 Å². The second kappa shape index (κ2) is 6.36. The average molecular weight is 339 g/mol. The highest BCUT2D eigenvalue weighted by atomic mass is 35.5. The van der Waals surface area contributed by atoms with E-state index in [2.05, 4.69) is 21.7 Å². The molecule has 1 unspecified atom stereocenters. The Balaban J connectivity index is 1.66. The molecule has 116 valence electrons. The normalized spacial score (nSPS) is 16.1. The number of anilines is 1. The molecule has 1 aliphatic rings. The summed E-state index contributed by atoms with van der Waals surface area (Å²) in [5.74, 6) is -0.602. The number of hydrogen-bond acceptors (Lipinski definition) is 3. The number of carbonyl (C=O) groups excluding carboxylic acids is 1. The molecule has 1 amide bonds. The fourth-order valence-electron chi connectivity index (χ4n) is 2.59. The highest BCUT2D eigenvalue weighted by Gasteiger charge is 2.26. The number of thiophene rings is 1. The Morgan fingerprint density at radius 1 is 1.45 bits per heavy atom. The van der Waals surface area contributed by atoms with Crippen molar-refractivity contribution < 1.29 is 9.18 Å². The molecular formula is C16H16ClFN2OS. The maximum atomic E-state index is 13.1. The van der Waals surface area contributed by atoms with E-state index in [4.69, 9.17) is 11.6 Å². The van der Waals surface area contributed by atoms with Crippen LogP contribution in [0.3, 0.4) is 0 Å². The summed E-state index contributed by atoms with van der Waals surface area (Å²) in [6.07, 6.45) is 0.979. The first-order valence-corrected chi connectivity index (χ1v) is 8.35. The molecule has 6 heteroatoms. The molecule has 0 spiro atoms. The Morgan fingerprint density at radius 2 is 2.27 bits per heavy atom. The third-order valence-electron chi connectivity index (χ3n) is 3.95. The van der Waals surface area contributed by atoms with E-state index < -0.39 is 5.82 Å². The highest BCUT2D eigenvalue weighted by molar-refractivity contribution is 7.10. The second-order valence-corrected chi connectivity index (χ2v) is 6.79. The molecule has 22 heavy (non-hydrogen) atoms. The zero-order valence-corrected chi connectivity index (χ0v) is 13.7. The van der Waals surface area contributed by atoms with Crippen LogP contribution in [-0.4, -0.2) is 23.4 Å². The number of fused-ring (bicyclic) bond motifs is 1. The van der Waals surface area contributed by atoms with Crippen LogP contribution in [0.4, 0.5) is 10.1 Å². The summed E-state index contributed by atoms with van der Waals surface area (Å²) in [6, 6.07) is 6.06. The zero-order chi connectivity index (χ0) is 15.7. The van der Waals surface area contributed by atoms with Crippen molar-refractivity contribution in [3.05, 3.63) is 50.9 Å². The average Bonchev–Trinajstić information content (AvgIpc) is 2.97. The minimum Gasteiger partial charge on any atom is -0.325 e. The molecule has 0 bridgehead atoms. The van der Waals surface area contributed by atoms with Gasteiger partial charge < -0.3 is 5.32 Å². The Bertz CT molecular complexity index is 703. The highest BCUT2D eigenvalue weighted by Crippen LogP contribution is 2.26. The van der Waals surface area contributed by atoms with Crippen LogP contribution in [0.1, 0.15) is 17.4 Å². The fourth-order valence-corrected chi connectivity index (χ4v) is 3.66. The maximum absolute atomic E-state index is 13.1. The van der Waals surface area contributed by atoms with Gasteiger partial charge in [0.1, 0.15) is 5.82 Å². The third kappa shape index (κ3) is 3.16. The smallest absolute Gasteiger partial charge is 0.241 e. The van der Waals surface area contributed by atoms with Crippen molar-refractivity contribution in [2.24, 2.45) is 0 Å². The Hall–Kier alpha value is -1.43. The van der Waals surface area contributed by atoms with Crippen molar-refractivity contribution in [3.63, 3.8) is 0 Å². The van der Waals surface area contributed by atoms with Gasteiger partial charge in [0.25, 0.3) is 0 Å². The van der Waals surface area contributed by atoms with Crippen molar-refractivity contribution in [2.75, 3.05) is 11.9 Å². The Kier molecular flexibility index (Phi) is 4.47. The van der Waals surface area contributed by atoms with Crippen LogP contribution >= 0.6 is 22.9 Å². The van der Waals surface area contributed by atoms with Gasteiger partial charge in [0, 0.05) is 23.7 Å². The lowest BCUT2D eigenvalue weighted by Gasteiger charge is -2.31. The topological polar surface area (TPSA) is 32.3 Å². The number of benzene rings is 1. The first kappa shape index (κ1) is 15.5. The molecule has 0 saturated heterocycles. The van der Waals surface area contributed by atoms with E-state index in [1.165, 1.54) is 28.6 Å². The van der Waals surface area contributed by atoms with E-state index >= 15 is 0 Å². The van der Waals surface area contributed by atoms with E-state index in [1.54, 1.807) is 11.3 Å². The van der Waals surface area contributed by atoms with Crippen LogP contribution in [0.2, 0.25) is 5.02 Å². The van der Waals surface area contributed by atoms with Gasteiger partial charge in [-0.25, -0.2) is 4.39 Å². The molecule has 3 nitrogen and oxygen atoms in total. The SMILES string of the molecule is CC(C(=O)Nc1ccc(F)c(Cl)c1)N1CCc2sccc2C1. The van der Waals surface area contributed by atoms with Gasteiger partial charge >= 0.3 is 0 Å². The quantitative estimate of drug-likeness (QED) is 0.919. The molecule has 1 N–H and O–H groups in total. The summed E-state index contributed by atoms with van der Waals surface area (Å²) in [4.78, 5) is 15.9. The van der Waals surface area contributed by atoms with Gasteiger partial charge in [-0.15, -0.1) is 11.3 Å². The summed E-state index contributed by atoms with van der Waals surface area (Å²) in [6.45, 7) is 3.54. The van der Waals surface area contributed by atoms with Gasteiger partial charge in [-0.1, -0.05) is 11.6 Å². The monoisotopic (exact) mass is 338 g/mol. The van der Waals surface area contributed by atoms with Crippen LogP contribution in [0.15, 0.2) is 29.6 Å². The standard InChI is InChI=1S/C16H16ClFN2OS/c1-10(20-6-4-15-11(9-20)5-7-22-15)16(21)19-12-2-3-14(18)13(17)8-12/h2-3,5,7-8,10H,4,6,9H2,1H3,(H,19,21). The van der Waals surface area contributed by atoms with Crippen molar-refractivity contribution in [2.45, 2.75) is 25.9 Å². The molecule has 2 aromatic rings. The van der Waals surface area contributed by atoms with Crippen LogP contribution < -0.4 is 5.32 Å². The van der Waals surface area contributed by atoms with Gasteiger partial charge in [-0.3, -0.25) is 9.69 Å². The molecule has 1 atom stereocenters. The third-order valence-corrected chi connectivity index (χ3v) is 5.26. The summed E-state index contributed by atoms with van der Waals surface area (Å²) < 4.78 is 13.1. The first-order chi connectivity index (χ1) is 10.5. The van der Waals surface area contributed by atoms with Crippen molar-refractivity contribution in [1.29, 1.82) is 0 Å². The molecule has 0 fully saturated rings. The molecule has 0 aliphatic carbocycles. The number of nitrogens with one attached hydrogen (secondary N) is 1. The number of nitrogens with zero attached hydrogens (tertiary/aromatic N) is 1. The van der Waals surface area contributed by atoms with Gasteiger partial charge in [0.2, 0.25) is 5.91 Å². The van der Waals surface area contributed by atoms with E-state index in [0.29, 0.717) is 5.69 Å². The van der Waals surface area contributed by atoms with Crippen molar-refractivity contribution in [1.82, 2.24) is 4.90 Å². The first-order valence-electron chi connectivity index (χ1n) is 7.10. The van der Waals surface area contributed by atoms with Gasteiger partial charge in [-0.05, 0) is 48.6 Å². The Labute approximate surface area is 137 Å². The zero-order valence-electron chi connectivity index (χ0n) is 12.1. The molecule has 3 rings (SSSR count). The van der Waals surface area contributed by atoms with Crippen LogP contribution in [0.25, 0.3) is 0 Å². The van der Waals surface area contributed by atoms with Gasteiger partial charge in [0.15, 0.2) is 0 Å². The number of amides is 1. The van der Waals surface area contributed by atoms with Crippen LogP contribution in [-0.2, 0) is 17.8 Å². The molecule has 2 heterocycles. The predicted octanol–water partition coefficient (Wildman–Crippen LogP) is 3.93. The largest absolute Gasteiger partial charge is 0.325 e. The van der Waals surface area contributed by atoms with Crippen LogP contribution in [0.5, 0.6) is 0 Å². The lowest BCUT2D eigenvalue weighted by molar-refractivity contribution is -0.121. The molecular weight excluding hydrogens is 323 g/mol. The molecule has 0 radical (unpaired) electrons. The summed E-state index contributed by atoms with van der Waals surface area (Å²) >= 11 is 7.51. The minimum absolute atomic E-state index is 0.00587. The van der Waals surface area contributed by atoms with Crippen LogP contribution in [0, 0.1) is 5.82 Å². The number of rotatable bonds is 3. The molecule has 0 saturated carbocycles. The minimum atomic E-state index is -0.492. The van der Waals surface area contributed by atoms with E-state index in [-0.39, 0.29) is 17.0 Å². The molecule has 1 aliphatic heterocycles.